The Labute approximate surface area is 248 Å². The second-order valence-corrected chi connectivity index (χ2v) is 11.5. The number of hydrogen-bond acceptors (Lipinski definition) is 7. The molecule has 0 saturated heterocycles. The number of nitro benzene ring substituents is 1. The number of amides is 2. The van der Waals surface area contributed by atoms with E-state index in [4.69, 9.17) is 16.3 Å². The fourth-order valence-electron chi connectivity index (χ4n) is 4.16. The molecule has 3 aromatic carbocycles. The number of carbonyl (C=O) groups is 2. The van der Waals surface area contributed by atoms with Crippen LogP contribution in [0.5, 0.6) is 5.75 Å². The van der Waals surface area contributed by atoms with Crippen molar-refractivity contribution in [1.82, 2.24) is 10.2 Å². The van der Waals surface area contributed by atoms with Gasteiger partial charge in [-0.15, -0.1) is 0 Å². The van der Waals surface area contributed by atoms with Crippen LogP contribution in [0, 0.1) is 22.9 Å². The Hall–Kier alpha value is -4.23. The van der Waals surface area contributed by atoms with Gasteiger partial charge in [-0.05, 0) is 51.1 Å². The predicted molar refractivity (Wildman–Crippen MR) is 155 cm³/mol. The van der Waals surface area contributed by atoms with Gasteiger partial charge in [-0.1, -0.05) is 35.9 Å². The lowest BCUT2D eigenvalue weighted by molar-refractivity contribution is -0.385. The quantitative estimate of drug-likeness (QED) is 0.233. The van der Waals surface area contributed by atoms with Gasteiger partial charge in [0.2, 0.25) is 11.8 Å². The number of rotatable bonds is 12. The van der Waals surface area contributed by atoms with Crippen molar-refractivity contribution in [3.63, 3.8) is 0 Å². The van der Waals surface area contributed by atoms with Crippen LogP contribution in [0.15, 0.2) is 65.6 Å². The van der Waals surface area contributed by atoms with Crippen molar-refractivity contribution >= 4 is 44.8 Å². The molecule has 0 heterocycles. The molecule has 224 valence electrons. The predicted octanol–water partition coefficient (Wildman–Crippen LogP) is 4.45. The molecule has 0 radical (unpaired) electrons. The Bertz CT molecular complexity index is 1600. The standard InChI is InChI=1S/C28H30ClFN4O7S/c1-5-31-28(36)19(3)32(16-20-8-6-7-9-23(20)30)27(35)17-33(25-14-21(29)11-13-26(25)41-4)42(39,40)22-12-10-18(2)24(15-22)34(37)38/h6-15,19H,5,16-17H2,1-4H3,(H,31,36)/t19-/m1/s1. The van der Waals surface area contributed by atoms with Crippen molar-refractivity contribution in [2.45, 2.75) is 38.3 Å². The number of ether oxygens (including phenoxy) is 1. The zero-order valence-electron chi connectivity index (χ0n) is 23.3. The third kappa shape index (κ3) is 7.15. The number of carbonyl (C=O) groups excluding carboxylic acids is 2. The van der Waals surface area contributed by atoms with Gasteiger partial charge < -0.3 is 15.0 Å². The second-order valence-electron chi connectivity index (χ2n) is 9.22. The molecule has 11 nitrogen and oxygen atoms in total. The Morgan fingerprint density at radius 1 is 1.14 bits per heavy atom. The van der Waals surface area contributed by atoms with E-state index in [1.807, 2.05) is 0 Å². The number of methoxy groups -OCH3 is 1. The summed E-state index contributed by atoms with van der Waals surface area (Å²) in [4.78, 5) is 38.2. The van der Waals surface area contributed by atoms with E-state index in [9.17, 15) is 32.5 Å². The molecule has 0 bridgehead atoms. The van der Waals surface area contributed by atoms with E-state index >= 15 is 0 Å². The lowest BCUT2D eigenvalue weighted by Crippen LogP contribution is -2.51. The molecule has 14 heteroatoms. The summed E-state index contributed by atoms with van der Waals surface area (Å²) in [6, 6.07) is 12.0. The summed E-state index contributed by atoms with van der Waals surface area (Å²) in [6.07, 6.45) is 0. The molecule has 0 spiro atoms. The zero-order chi connectivity index (χ0) is 31.2. The molecule has 0 aliphatic rings. The summed E-state index contributed by atoms with van der Waals surface area (Å²) < 4.78 is 48.8. The van der Waals surface area contributed by atoms with Gasteiger partial charge in [0.1, 0.15) is 24.2 Å². The average molecular weight is 621 g/mol. The molecular weight excluding hydrogens is 591 g/mol. The molecule has 1 atom stereocenters. The van der Waals surface area contributed by atoms with Gasteiger partial charge in [-0.3, -0.25) is 24.0 Å². The Kier molecular flexibility index (Phi) is 10.5. The molecule has 0 unspecified atom stereocenters. The summed E-state index contributed by atoms with van der Waals surface area (Å²) in [5, 5.41) is 14.3. The van der Waals surface area contributed by atoms with E-state index in [2.05, 4.69) is 5.32 Å². The molecule has 0 aliphatic carbocycles. The molecule has 42 heavy (non-hydrogen) atoms. The number of likely N-dealkylation sites (N-methyl/N-ethyl adjacent to an activating group) is 1. The van der Waals surface area contributed by atoms with Crippen molar-refractivity contribution in [2.75, 3.05) is 24.5 Å². The molecule has 0 fully saturated rings. The van der Waals surface area contributed by atoms with Gasteiger partial charge in [-0.25, -0.2) is 12.8 Å². The number of sulfonamides is 1. The first-order valence-electron chi connectivity index (χ1n) is 12.7. The smallest absolute Gasteiger partial charge is 0.273 e. The minimum atomic E-state index is -4.67. The minimum Gasteiger partial charge on any atom is -0.495 e. The summed E-state index contributed by atoms with van der Waals surface area (Å²) in [5.74, 6) is -1.98. The van der Waals surface area contributed by atoms with Crippen LogP contribution in [-0.4, -0.2) is 56.3 Å². The maximum absolute atomic E-state index is 14.6. The van der Waals surface area contributed by atoms with Crippen LogP contribution in [0.3, 0.4) is 0 Å². The van der Waals surface area contributed by atoms with E-state index in [0.29, 0.717) is 4.31 Å². The Morgan fingerprint density at radius 3 is 2.45 bits per heavy atom. The minimum absolute atomic E-state index is 0.0369. The third-order valence-electron chi connectivity index (χ3n) is 6.47. The van der Waals surface area contributed by atoms with E-state index in [-0.39, 0.29) is 40.7 Å². The largest absolute Gasteiger partial charge is 0.495 e. The van der Waals surface area contributed by atoms with Crippen LogP contribution in [0.2, 0.25) is 5.02 Å². The van der Waals surface area contributed by atoms with Gasteiger partial charge in [-0.2, -0.15) is 0 Å². The summed E-state index contributed by atoms with van der Waals surface area (Å²) in [5.41, 5.74) is -0.232. The Balaban J connectivity index is 2.17. The van der Waals surface area contributed by atoms with E-state index in [0.717, 1.165) is 11.0 Å². The molecule has 3 aromatic rings. The Morgan fingerprint density at radius 2 is 1.83 bits per heavy atom. The number of benzene rings is 3. The fourth-order valence-corrected chi connectivity index (χ4v) is 5.76. The first-order valence-corrected chi connectivity index (χ1v) is 14.6. The highest BCUT2D eigenvalue weighted by atomic mass is 35.5. The number of nitro groups is 1. The number of nitrogens with one attached hydrogen (secondary N) is 1. The van der Waals surface area contributed by atoms with E-state index in [1.54, 1.807) is 13.0 Å². The zero-order valence-corrected chi connectivity index (χ0v) is 24.9. The van der Waals surface area contributed by atoms with Gasteiger partial charge in [0.05, 0.1) is 22.6 Å². The lowest BCUT2D eigenvalue weighted by atomic mass is 10.1. The van der Waals surface area contributed by atoms with Gasteiger partial charge >= 0.3 is 0 Å². The van der Waals surface area contributed by atoms with Crippen LogP contribution in [0.1, 0.15) is 25.0 Å². The topological polar surface area (TPSA) is 139 Å². The maximum atomic E-state index is 14.6. The van der Waals surface area contributed by atoms with Crippen LogP contribution in [0.4, 0.5) is 15.8 Å². The van der Waals surface area contributed by atoms with Gasteiger partial charge in [0.15, 0.2) is 0 Å². The van der Waals surface area contributed by atoms with Crippen molar-refractivity contribution in [1.29, 1.82) is 0 Å². The lowest BCUT2D eigenvalue weighted by Gasteiger charge is -2.32. The number of aryl methyl sites for hydroxylation is 1. The highest BCUT2D eigenvalue weighted by Crippen LogP contribution is 2.36. The molecule has 0 saturated carbocycles. The fraction of sp³-hybridized carbons (Fsp3) is 0.286. The van der Waals surface area contributed by atoms with Crippen LogP contribution < -0.4 is 14.4 Å². The SMILES string of the molecule is CCNC(=O)[C@@H](C)N(Cc1ccccc1F)C(=O)CN(c1cc(Cl)ccc1OC)S(=O)(=O)c1ccc(C)c([N+](=O)[O-])c1. The number of anilines is 1. The monoisotopic (exact) mass is 620 g/mol. The summed E-state index contributed by atoms with van der Waals surface area (Å²) >= 11 is 6.20. The van der Waals surface area contributed by atoms with Crippen molar-refractivity contribution < 1.29 is 32.1 Å². The highest BCUT2D eigenvalue weighted by molar-refractivity contribution is 7.92. The second kappa shape index (κ2) is 13.6. The number of halogens is 2. The molecule has 1 N–H and O–H groups in total. The van der Waals surface area contributed by atoms with Crippen molar-refractivity contribution in [3.8, 4) is 5.75 Å². The van der Waals surface area contributed by atoms with Crippen molar-refractivity contribution in [2.24, 2.45) is 0 Å². The summed E-state index contributed by atoms with van der Waals surface area (Å²) in [6.45, 7) is 3.62. The first kappa shape index (κ1) is 32.3. The summed E-state index contributed by atoms with van der Waals surface area (Å²) in [7, 11) is -3.38. The first-order chi connectivity index (χ1) is 19.8. The molecular formula is C28H30ClFN4O7S. The molecule has 3 rings (SSSR count). The maximum Gasteiger partial charge on any atom is 0.273 e. The van der Waals surface area contributed by atoms with Gasteiger partial charge in [0.25, 0.3) is 15.7 Å². The third-order valence-corrected chi connectivity index (χ3v) is 8.46. The number of hydrogen-bond donors (Lipinski definition) is 1. The van der Waals surface area contributed by atoms with Crippen LogP contribution in [0.25, 0.3) is 0 Å². The van der Waals surface area contributed by atoms with Crippen molar-refractivity contribution in [3.05, 3.63) is 92.7 Å². The molecule has 0 aliphatic heterocycles. The molecule has 2 amide bonds. The number of nitrogens with zero attached hydrogens (tertiary/aromatic N) is 3. The van der Waals surface area contributed by atoms with E-state index < -0.39 is 55.7 Å². The molecule has 0 aromatic heterocycles. The van der Waals surface area contributed by atoms with Gasteiger partial charge in [0, 0.05) is 35.3 Å². The van der Waals surface area contributed by atoms with E-state index in [1.165, 1.54) is 69.5 Å². The average Bonchev–Trinajstić information content (AvgIpc) is 2.95. The highest BCUT2D eigenvalue weighted by Gasteiger charge is 2.35. The van der Waals surface area contributed by atoms with Crippen LogP contribution >= 0.6 is 11.6 Å². The van der Waals surface area contributed by atoms with Crippen LogP contribution in [-0.2, 0) is 26.2 Å². The normalized spacial score (nSPS) is 11.9.